The highest BCUT2D eigenvalue weighted by Gasteiger charge is 2.21. The van der Waals surface area contributed by atoms with Crippen LogP contribution in [0.1, 0.15) is 45.7 Å². The molecule has 1 rings (SSSR count). The van der Waals surface area contributed by atoms with Crippen molar-refractivity contribution in [1.29, 1.82) is 0 Å². The molecule has 2 nitrogen and oxygen atoms in total. The summed E-state index contributed by atoms with van der Waals surface area (Å²) < 4.78 is 5.45. The number of nitrogens with one attached hydrogen (secondary N) is 1. The molecule has 0 bridgehead atoms. The van der Waals surface area contributed by atoms with Crippen LogP contribution in [0.3, 0.4) is 0 Å². The molecule has 1 aromatic carbocycles. The third kappa shape index (κ3) is 4.97. The van der Waals surface area contributed by atoms with Crippen molar-refractivity contribution in [2.24, 2.45) is 0 Å². The van der Waals surface area contributed by atoms with Gasteiger partial charge < -0.3 is 10.1 Å². The molecule has 0 amide bonds. The third-order valence-electron chi connectivity index (χ3n) is 3.23. The molecule has 18 heavy (non-hydrogen) atoms. The highest BCUT2D eigenvalue weighted by molar-refractivity contribution is 6.30. The van der Waals surface area contributed by atoms with Gasteiger partial charge in [0.05, 0.1) is 5.60 Å². The molecule has 0 saturated heterocycles. The van der Waals surface area contributed by atoms with Crippen molar-refractivity contribution >= 4 is 11.6 Å². The zero-order chi connectivity index (χ0) is 13.8. The quantitative estimate of drug-likeness (QED) is 0.836. The SMILES string of the molecule is COC(C)(C)CC(C)N[C@H](C)c1cccc(Cl)c1. The van der Waals surface area contributed by atoms with Gasteiger partial charge in [-0.15, -0.1) is 0 Å². The molecule has 0 aromatic heterocycles. The van der Waals surface area contributed by atoms with Gasteiger partial charge in [0, 0.05) is 24.2 Å². The lowest BCUT2D eigenvalue weighted by atomic mass is 9.98. The predicted octanol–water partition coefficient (Wildman–Crippen LogP) is 4.19. The predicted molar refractivity (Wildman–Crippen MR) is 78.2 cm³/mol. The lowest BCUT2D eigenvalue weighted by molar-refractivity contribution is 0.00782. The van der Waals surface area contributed by atoms with Gasteiger partial charge in [-0.3, -0.25) is 0 Å². The van der Waals surface area contributed by atoms with Crippen LogP contribution in [-0.4, -0.2) is 18.8 Å². The number of halogens is 1. The summed E-state index contributed by atoms with van der Waals surface area (Å²) in [6, 6.07) is 8.65. The second kappa shape index (κ2) is 6.55. The number of rotatable bonds is 6. The number of hydrogen-bond donors (Lipinski definition) is 1. The summed E-state index contributed by atoms with van der Waals surface area (Å²) in [7, 11) is 1.76. The van der Waals surface area contributed by atoms with Crippen molar-refractivity contribution < 1.29 is 4.74 Å². The van der Waals surface area contributed by atoms with Crippen LogP contribution >= 0.6 is 11.6 Å². The molecule has 0 heterocycles. The zero-order valence-corrected chi connectivity index (χ0v) is 12.7. The van der Waals surface area contributed by atoms with Crippen LogP contribution in [0.4, 0.5) is 0 Å². The van der Waals surface area contributed by atoms with Crippen LogP contribution in [0.2, 0.25) is 5.02 Å². The van der Waals surface area contributed by atoms with Gasteiger partial charge in [0.25, 0.3) is 0 Å². The van der Waals surface area contributed by atoms with E-state index in [0.717, 1.165) is 11.4 Å². The summed E-state index contributed by atoms with van der Waals surface area (Å²) in [5.74, 6) is 0. The average Bonchev–Trinajstić information content (AvgIpc) is 2.28. The van der Waals surface area contributed by atoms with Crippen LogP contribution in [0.15, 0.2) is 24.3 Å². The number of ether oxygens (including phenoxy) is 1. The van der Waals surface area contributed by atoms with E-state index < -0.39 is 0 Å². The Bertz CT molecular complexity index is 379. The Morgan fingerprint density at radius 1 is 1.33 bits per heavy atom. The Morgan fingerprint density at radius 2 is 2.00 bits per heavy atom. The molecule has 0 fully saturated rings. The van der Waals surface area contributed by atoms with E-state index in [1.165, 1.54) is 5.56 Å². The van der Waals surface area contributed by atoms with Crippen molar-refractivity contribution in [2.45, 2.75) is 51.8 Å². The minimum atomic E-state index is -0.0968. The summed E-state index contributed by atoms with van der Waals surface area (Å²) in [5.41, 5.74) is 1.12. The zero-order valence-electron chi connectivity index (χ0n) is 12.0. The van der Waals surface area contributed by atoms with Gasteiger partial charge in [-0.2, -0.15) is 0 Å². The van der Waals surface area contributed by atoms with E-state index in [1.807, 2.05) is 18.2 Å². The summed E-state index contributed by atoms with van der Waals surface area (Å²) in [5, 5.41) is 4.36. The van der Waals surface area contributed by atoms with Gasteiger partial charge in [-0.1, -0.05) is 23.7 Å². The summed E-state index contributed by atoms with van der Waals surface area (Å²) in [6.07, 6.45) is 0.967. The number of benzene rings is 1. The van der Waals surface area contributed by atoms with E-state index in [1.54, 1.807) is 7.11 Å². The molecular weight excluding hydrogens is 246 g/mol. The Morgan fingerprint density at radius 3 is 2.56 bits per heavy atom. The third-order valence-corrected chi connectivity index (χ3v) is 3.47. The Kier molecular flexibility index (Phi) is 5.64. The molecule has 102 valence electrons. The van der Waals surface area contributed by atoms with E-state index in [0.29, 0.717) is 6.04 Å². The van der Waals surface area contributed by atoms with Gasteiger partial charge in [0.15, 0.2) is 0 Å². The van der Waals surface area contributed by atoms with Gasteiger partial charge in [-0.05, 0) is 51.8 Å². The fourth-order valence-corrected chi connectivity index (χ4v) is 2.38. The fourth-order valence-electron chi connectivity index (χ4n) is 2.18. The normalized spacial score (nSPS) is 15.4. The molecule has 0 saturated carbocycles. The van der Waals surface area contributed by atoms with Crippen molar-refractivity contribution in [3.8, 4) is 0 Å². The Balaban J connectivity index is 2.57. The summed E-state index contributed by atoms with van der Waals surface area (Å²) >= 11 is 6.01. The van der Waals surface area contributed by atoms with Crippen LogP contribution in [0.5, 0.6) is 0 Å². The molecule has 1 N–H and O–H groups in total. The van der Waals surface area contributed by atoms with Crippen LogP contribution in [0, 0.1) is 0 Å². The molecule has 0 aliphatic rings. The first kappa shape index (κ1) is 15.5. The lowest BCUT2D eigenvalue weighted by Gasteiger charge is -2.29. The fraction of sp³-hybridized carbons (Fsp3) is 0.600. The molecule has 0 radical (unpaired) electrons. The highest BCUT2D eigenvalue weighted by atomic mass is 35.5. The molecule has 0 spiro atoms. The van der Waals surface area contributed by atoms with Crippen molar-refractivity contribution in [3.63, 3.8) is 0 Å². The Hall–Kier alpha value is -0.570. The first-order valence-electron chi connectivity index (χ1n) is 6.41. The average molecular weight is 270 g/mol. The van der Waals surface area contributed by atoms with Crippen LogP contribution in [0.25, 0.3) is 0 Å². The largest absolute Gasteiger partial charge is 0.379 e. The van der Waals surface area contributed by atoms with E-state index in [9.17, 15) is 0 Å². The van der Waals surface area contributed by atoms with E-state index >= 15 is 0 Å². The molecule has 0 aliphatic carbocycles. The second-order valence-corrected chi connectivity index (χ2v) is 5.95. The minimum Gasteiger partial charge on any atom is -0.379 e. The van der Waals surface area contributed by atoms with E-state index in [2.05, 4.69) is 39.1 Å². The smallest absolute Gasteiger partial charge is 0.0637 e. The molecule has 2 atom stereocenters. The number of methoxy groups -OCH3 is 1. The Labute approximate surface area is 116 Å². The standard InChI is InChI=1S/C15H24ClNO/c1-11(10-15(3,4)18-5)17-12(2)13-7-6-8-14(16)9-13/h6-9,11-12,17H,10H2,1-5H3/t11?,12-/m1/s1. The number of hydrogen-bond acceptors (Lipinski definition) is 2. The van der Waals surface area contributed by atoms with E-state index in [4.69, 9.17) is 16.3 Å². The van der Waals surface area contributed by atoms with Gasteiger partial charge in [-0.25, -0.2) is 0 Å². The summed E-state index contributed by atoms with van der Waals surface area (Å²) in [4.78, 5) is 0. The maximum Gasteiger partial charge on any atom is 0.0637 e. The maximum atomic E-state index is 6.01. The topological polar surface area (TPSA) is 21.3 Å². The van der Waals surface area contributed by atoms with Crippen molar-refractivity contribution in [1.82, 2.24) is 5.32 Å². The monoisotopic (exact) mass is 269 g/mol. The van der Waals surface area contributed by atoms with Crippen molar-refractivity contribution in [2.75, 3.05) is 7.11 Å². The highest BCUT2D eigenvalue weighted by Crippen LogP contribution is 2.20. The van der Waals surface area contributed by atoms with Crippen molar-refractivity contribution in [3.05, 3.63) is 34.9 Å². The van der Waals surface area contributed by atoms with Gasteiger partial charge >= 0.3 is 0 Å². The van der Waals surface area contributed by atoms with Crippen LogP contribution < -0.4 is 5.32 Å². The molecule has 0 aliphatic heterocycles. The minimum absolute atomic E-state index is 0.0968. The van der Waals surface area contributed by atoms with Gasteiger partial charge in [0.2, 0.25) is 0 Å². The first-order chi connectivity index (χ1) is 8.34. The van der Waals surface area contributed by atoms with Crippen LogP contribution in [-0.2, 0) is 4.74 Å². The second-order valence-electron chi connectivity index (χ2n) is 5.51. The molecular formula is C15H24ClNO. The molecule has 3 heteroatoms. The first-order valence-corrected chi connectivity index (χ1v) is 6.78. The molecule has 1 unspecified atom stereocenters. The molecule has 1 aromatic rings. The van der Waals surface area contributed by atoms with E-state index in [-0.39, 0.29) is 11.6 Å². The van der Waals surface area contributed by atoms with Gasteiger partial charge in [0.1, 0.15) is 0 Å². The summed E-state index contributed by atoms with van der Waals surface area (Å²) in [6.45, 7) is 8.55. The maximum absolute atomic E-state index is 6.01. The lowest BCUT2D eigenvalue weighted by Crippen LogP contribution is -2.36.